The van der Waals surface area contributed by atoms with Crippen LogP contribution in [0.1, 0.15) is 0 Å². The summed E-state index contributed by atoms with van der Waals surface area (Å²) in [6.07, 6.45) is 0. The lowest BCUT2D eigenvalue weighted by Crippen LogP contribution is -2.18. The van der Waals surface area contributed by atoms with E-state index >= 15 is 0 Å². The molecule has 0 amide bonds. The second-order valence-corrected chi connectivity index (χ2v) is 3.91. The molecule has 0 aliphatic heterocycles. The van der Waals surface area contributed by atoms with Gasteiger partial charge in [0.25, 0.3) is 11.1 Å². The first kappa shape index (κ1) is 9.23. The second kappa shape index (κ2) is 2.99. The summed E-state index contributed by atoms with van der Waals surface area (Å²) in [6, 6.07) is 5.07. The van der Waals surface area contributed by atoms with Gasteiger partial charge < -0.3 is 4.98 Å². The molecule has 0 spiro atoms. The second-order valence-electron chi connectivity index (χ2n) is 3.47. The highest BCUT2D eigenvalue weighted by molar-refractivity contribution is 6.31. The lowest BCUT2D eigenvalue weighted by molar-refractivity contribution is 0.974. The molecule has 0 bridgehead atoms. The summed E-state index contributed by atoms with van der Waals surface area (Å²) in [5.74, 6) is 0. The van der Waals surface area contributed by atoms with Gasteiger partial charge in [0.2, 0.25) is 0 Å². The summed E-state index contributed by atoms with van der Waals surface area (Å²) in [5, 5.41) is 6.14. The molecule has 16 heavy (non-hydrogen) atoms. The minimum atomic E-state index is -0.359. The lowest BCUT2D eigenvalue weighted by atomic mass is 10.2. The molecule has 0 atom stereocenters. The fraction of sp³-hybridized carbons (Fsp3) is 0. The van der Waals surface area contributed by atoms with Crippen LogP contribution in [0.4, 0.5) is 0 Å². The van der Waals surface area contributed by atoms with Crippen LogP contribution in [0.2, 0.25) is 5.02 Å². The van der Waals surface area contributed by atoms with Crippen molar-refractivity contribution in [1.82, 2.24) is 15.2 Å². The summed E-state index contributed by atoms with van der Waals surface area (Å²) in [4.78, 5) is 26.0. The SMILES string of the molecule is O=c1[nH][nH]c(=O)c2c1[nH]c1cc(Cl)ccc12. The van der Waals surface area contributed by atoms with E-state index in [-0.39, 0.29) is 16.6 Å². The van der Waals surface area contributed by atoms with Gasteiger partial charge in [-0.15, -0.1) is 0 Å². The summed E-state index contributed by atoms with van der Waals surface area (Å²) in [7, 11) is 0. The van der Waals surface area contributed by atoms with Crippen LogP contribution in [0.5, 0.6) is 0 Å². The first-order valence-corrected chi connectivity index (χ1v) is 4.96. The monoisotopic (exact) mass is 235 g/mol. The topological polar surface area (TPSA) is 81.5 Å². The Labute approximate surface area is 93.0 Å². The number of aromatic amines is 3. The third-order valence-corrected chi connectivity index (χ3v) is 2.74. The van der Waals surface area contributed by atoms with Crippen LogP contribution in [0, 0.1) is 0 Å². The van der Waals surface area contributed by atoms with Crippen molar-refractivity contribution < 1.29 is 0 Å². The molecule has 2 aromatic heterocycles. The molecule has 0 saturated heterocycles. The molecular formula is C10H6ClN3O2. The van der Waals surface area contributed by atoms with Crippen molar-refractivity contribution in [3.8, 4) is 0 Å². The molecule has 6 heteroatoms. The van der Waals surface area contributed by atoms with Gasteiger partial charge in [0.15, 0.2) is 0 Å². The zero-order valence-electron chi connectivity index (χ0n) is 7.93. The van der Waals surface area contributed by atoms with Crippen molar-refractivity contribution in [3.05, 3.63) is 43.9 Å². The van der Waals surface area contributed by atoms with Crippen LogP contribution in [0.15, 0.2) is 27.8 Å². The molecule has 0 aliphatic carbocycles. The number of hydrogen-bond donors (Lipinski definition) is 3. The third-order valence-electron chi connectivity index (χ3n) is 2.50. The van der Waals surface area contributed by atoms with Gasteiger partial charge in [0.05, 0.1) is 5.39 Å². The number of halogens is 1. The van der Waals surface area contributed by atoms with Crippen LogP contribution in [0.3, 0.4) is 0 Å². The van der Waals surface area contributed by atoms with Gasteiger partial charge in [0, 0.05) is 15.9 Å². The summed E-state index contributed by atoms with van der Waals surface area (Å²) < 4.78 is 0. The normalized spacial score (nSPS) is 11.3. The minimum absolute atomic E-state index is 0.265. The van der Waals surface area contributed by atoms with Crippen LogP contribution in [0.25, 0.3) is 21.8 Å². The number of H-pyrrole nitrogens is 3. The first-order valence-electron chi connectivity index (χ1n) is 4.59. The van der Waals surface area contributed by atoms with Gasteiger partial charge in [0.1, 0.15) is 5.52 Å². The van der Waals surface area contributed by atoms with E-state index in [0.717, 1.165) is 0 Å². The molecule has 3 aromatic rings. The molecule has 0 fully saturated rings. The van der Waals surface area contributed by atoms with Gasteiger partial charge in [-0.05, 0) is 12.1 Å². The summed E-state index contributed by atoms with van der Waals surface area (Å²) >= 11 is 5.83. The molecule has 3 N–H and O–H groups in total. The molecular weight excluding hydrogens is 230 g/mol. The van der Waals surface area contributed by atoms with Crippen molar-refractivity contribution >= 4 is 33.4 Å². The van der Waals surface area contributed by atoms with Crippen molar-refractivity contribution in [3.63, 3.8) is 0 Å². The largest absolute Gasteiger partial charge is 0.350 e. The van der Waals surface area contributed by atoms with Crippen LogP contribution in [-0.4, -0.2) is 15.2 Å². The van der Waals surface area contributed by atoms with E-state index in [1.165, 1.54) is 0 Å². The Morgan fingerprint density at radius 3 is 2.62 bits per heavy atom. The Balaban J connectivity index is 2.71. The van der Waals surface area contributed by atoms with Crippen LogP contribution in [-0.2, 0) is 0 Å². The van der Waals surface area contributed by atoms with E-state index in [0.29, 0.717) is 21.3 Å². The Hall–Kier alpha value is -2.01. The van der Waals surface area contributed by atoms with Crippen molar-refractivity contribution in [2.24, 2.45) is 0 Å². The number of aromatic nitrogens is 3. The van der Waals surface area contributed by atoms with Gasteiger partial charge in [-0.25, -0.2) is 0 Å². The molecule has 0 radical (unpaired) electrons. The van der Waals surface area contributed by atoms with Gasteiger partial charge >= 0.3 is 0 Å². The third kappa shape index (κ3) is 1.12. The van der Waals surface area contributed by atoms with Crippen molar-refractivity contribution in [2.75, 3.05) is 0 Å². The quantitative estimate of drug-likeness (QED) is 0.550. The Morgan fingerprint density at radius 2 is 1.81 bits per heavy atom. The number of nitrogens with one attached hydrogen (secondary N) is 3. The average molecular weight is 236 g/mol. The van der Waals surface area contributed by atoms with Crippen LogP contribution >= 0.6 is 11.6 Å². The highest BCUT2D eigenvalue weighted by atomic mass is 35.5. The Kier molecular flexibility index (Phi) is 1.73. The molecule has 0 aliphatic rings. The molecule has 0 unspecified atom stereocenters. The van der Waals surface area contributed by atoms with Gasteiger partial charge in [-0.2, -0.15) is 0 Å². The molecule has 0 saturated carbocycles. The van der Waals surface area contributed by atoms with E-state index in [9.17, 15) is 9.59 Å². The predicted octanol–water partition coefficient (Wildman–Crippen LogP) is 1.35. The van der Waals surface area contributed by atoms with Crippen molar-refractivity contribution in [2.45, 2.75) is 0 Å². The fourth-order valence-corrected chi connectivity index (χ4v) is 1.99. The van der Waals surface area contributed by atoms with Crippen molar-refractivity contribution in [1.29, 1.82) is 0 Å². The first-order chi connectivity index (χ1) is 7.66. The minimum Gasteiger partial charge on any atom is -0.350 e. The smallest absolute Gasteiger partial charge is 0.286 e. The maximum atomic E-state index is 11.6. The number of benzene rings is 1. The number of hydrogen-bond acceptors (Lipinski definition) is 2. The molecule has 2 heterocycles. The average Bonchev–Trinajstić information content (AvgIpc) is 2.63. The standard InChI is InChI=1S/C10H6ClN3O2/c11-4-1-2-5-6(3-4)12-8-7(5)9(15)13-14-10(8)16/h1-3,12H,(H,13,15)(H,14,16). The molecule has 80 valence electrons. The zero-order valence-corrected chi connectivity index (χ0v) is 8.68. The highest BCUT2D eigenvalue weighted by Crippen LogP contribution is 2.23. The summed E-state index contributed by atoms with van der Waals surface area (Å²) in [5.41, 5.74) is 0.246. The lowest BCUT2D eigenvalue weighted by Gasteiger charge is -1.90. The molecule has 3 rings (SSSR count). The van der Waals surface area contributed by atoms with E-state index < -0.39 is 0 Å². The molecule has 5 nitrogen and oxygen atoms in total. The van der Waals surface area contributed by atoms with E-state index in [2.05, 4.69) is 15.2 Å². The summed E-state index contributed by atoms with van der Waals surface area (Å²) in [6.45, 7) is 0. The number of fused-ring (bicyclic) bond motifs is 3. The number of rotatable bonds is 0. The van der Waals surface area contributed by atoms with Gasteiger partial charge in [-0.1, -0.05) is 17.7 Å². The van der Waals surface area contributed by atoms with Crippen LogP contribution < -0.4 is 11.1 Å². The zero-order chi connectivity index (χ0) is 11.3. The van der Waals surface area contributed by atoms with E-state index in [1.807, 2.05) is 0 Å². The maximum absolute atomic E-state index is 11.6. The fourth-order valence-electron chi connectivity index (χ4n) is 1.81. The molecule has 1 aromatic carbocycles. The Morgan fingerprint density at radius 1 is 1.06 bits per heavy atom. The maximum Gasteiger partial charge on any atom is 0.286 e. The predicted molar refractivity (Wildman–Crippen MR) is 62.1 cm³/mol. The van der Waals surface area contributed by atoms with Gasteiger partial charge in [-0.3, -0.25) is 19.8 Å². The van der Waals surface area contributed by atoms with E-state index in [4.69, 9.17) is 11.6 Å². The van der Waals surface area contributed by atoms with E-state index in [1.54, 1.807) is 18.2 Å². The highest BCUT2D eigenvalue weighted by Gasteiger charge is 2.10. The Bertz CT molecular complexity index is 812.